The zero-order valence-corrected chi connectivity index (χ0v) is 11.8. The van der Waals surface area contributed by atoms with Crippen LogP contribution in [0.1, 0.15) is 5.56 Å². The average Bonchev–Trinajstić information content (AvgIpc) is 2.52. The Morgan fingerprint density at radius 1 is 1.30 bits per heavy atom. The number of phenolic OH excluding ortho intramolecular Hbond substituents is 1. The summed E-state index contributed by atoms with van der Waals surface area (Å²) in [5.74, 6) is -0.283. The summed E-state index contributed by atoms with van der Waals surface area (Å²) >= 11 is 0. The lowest BCUT2D eigenvalue weighted by molar-refractivity contribution is -0.384. The predicted octanol–water partition coefficient (Wildman–Crippen LogP) is -1.48. The molecule has 126 valence electrons. The molecule has 0 amide bonds. The lowest BCUT2D eigenvalue weighted by Gasteiger charge is -2.38. The van der Waals surface area contributed by atoms with Crippen LogP contribution in [0.25, 0.3) is 0 Å². The molecule has 1 aromatic rings. The van der Waals surface area contributed by atoms with E-state index in [1.165, 1.54) is 0 Å². The summed E-state index contributed by atoms with van der Waals surface area (Å²) in [6.07, 6.45) is -4.72. The third-order valence-electron chi connectivity index (χ3n) is 3.47. The fourth-order valence-corrected chi connectivity index (χ4v) is 2.17. The average molecular weight is 328 g/mol. The topological polar surface area (TPSA) is 166 Å². The number of hydrogen-bond acceptors (Lipinski definition) is 9. The lowest BCUT2D eigenvalue weighted by Crippen LogP contribution is -2.57. The largest absolute Gasteiger partial charge is 0.507 e. The van der Waals surface area contributed by atoms with Gasteiger partial charge in [0.05, 0.1) is 11.5 Å². The van der Waals surface area contributed by atoms with Crippen molar-refractivity contribution in [1.82, 2.24) is 0 Å². The van der Waals surface area contributed by atoms with E-state index in [0.717, 1.165) is 24.4 Å². The van der Waals surface area contributed by atoms with Crippen molar-refractivity contribution >= 4 is 11.9 Å². The number of nitro benzene ring substituents is 1. The Kier molecular flexibility index (Phi) is 5.23. The first-order valence-corrected chi connectivity index (χ1v) is 6.66. The van der Waals surface area contributed by atoms with Gasteiger partial charge in [-0.3, -0.25) is 15.1 Å². The zero-order chi connectivity index (χ0) is 17.1. The lowest BCUT2D eigenvalue weighted by atomic mass is 9.97. The van der Waals surface area contributed by atoms with E-state index in [4.69, 9.17) is 9.84 Å². The number of phenols is 1. The van der Waals surface area contributed by atoms with E-state index in [1.54, 1.807) is 0 Å². The van der Waals surface area contributed by atoms with Crippen molar-refractivity contribution in [3.05, 3.63) is 33.9 Å². The number of nitro groups is 1. The quantitative estimate of drug-likeness (QED) is 0.253. The van der Waals surface area contributed by atoms with Gasteiger partial charge in [-0.2, -0.15) is 0 Å². The van der Waals surface area contributed by atoms with Crippen molar-refractivity contribution < 1.29 is 35.2 Å². The highest BCUT2D eigenvalue weighted by Crippen LogP contribution is 2.24. The predicted molar refractivity (Wildman–Crippen MR) is 76.1 cm³/mol. The van der Waals surface area contributed by atoms with Gasteiger partial charge in [0.1, 0.15) is 30.1 Å². The molecule has 10 heteroatoms. The first kappa shape index (κ1) is 17.2. The highest BCUT2D eigenvalue weighted by atomic mass is 16.6. The van der Waals surface area contributed by atoms with E-state index in [-0.39, 0.29) is 17.0 Å². The van der Waals surface area contributed by atoms with Gasteiger partial charge in [-0.15, -0.1) is 0 Å². The number of hydrogen-bond donors (Lipinski definition) is 5. The fourth-order valence-electron chi connectivity index (χ4n) is 2.17. The molecule has 1 fully saturated rings. The Hall–Kier alpha value is -2.11. The van der Waals surface area contributed by atoms with Crippen molar-refractivity contribution in [2.24, 2.45) is 4.99 Å². The Morgan fingerprint density at radius 2 is 2.00 bits per heavy atom. The van der Waals surface area contributed by atoms with Crippen LogP contribution in [0.2, 0.25) is 0 Å². The first-order valence-electron chi connectivity index (χ1n) is 6.66. The van der Waals surface area contributed by atoms with Crippen molar-refractivity contribution in [2.75, 3.05) is 6.61 Å². The molecule has 0 unspecified atom stereocenters. The Labute approximate surface area is 130 Å². The van der Waals surface area contributed by atoms with Crippen LogP contribution in [0, 0.1) is 10.1 Å². The summed E-state index contributed by atoms with van der Waals surface area (Å²) in [5.41, 5.74) is -0.275. The number of aliphatic hydroxyl groups is 4. The maximum Gasteiger partial charge on any atom is 0.270 e. The second kappa shape index (κ2) is 6.98. The molecule has 1 aliphatic heterocycles. The molecule has 0 radical (unpaired) electrons. The van der Waals surface area contributed by atoms with Gasteiger partial charge < -0.3 is 30.3 Å². The van der Waals surface area contributed by atoms with E-state index in [1.807, 2.05) is 0 Å². The molecule has 1 aliphatic rings. The van der Waals surface area contributed by atoms with Crippen LogP contribution in [0.15, 0.2) is 23.2 Å². The summed E-state index contributed by atoms with van der Waals surface area (Å²) in [6, 6.07) is 2.00. The van der Waals surface area contributed by atoms with Gasteiger partial charge in [-0.1, -0.05) is 0 Å². The summed E-state index contributed by atoms with van der Waals surface area (Å²) in [4.78, 5) is 13.9. The normalized spacial score (nSPS) is 31.4. The van der Waals surface area contributed by atoms with Crippen molar-refractivity contribution in [2.45, 2.75) is 30.6 Å². The van der Waals surface area contributed by atoms with E-state index < -0.39 is 42.2 Å². The standard InChI is InChI=1S/C13H16N2O8/c16-5-9-11(18)12(19)10(13(20)23-9)14-4-6-3-7(15(21)22)1-2-8(6)17/h1-4,9-13,16-20H,5H2/t9-,10+,11-,12+,13-/m1/s1. The Bertz CT molecular complexity index is 608. The third-order valence-corrected chi connectivity index (χ3v) is 3.47. The monoisotopic (exact) mass is 328 g/mol. The van der Waals surface area contributed by atoms with Crippen molar-refractivity contribution in [1.29, 1.82) is 0 Å². The number of aliphatic hydroxyl groups excluding tert-OH is 4. The molecule has 5 N–H and O–H groups in total. The SMILES string of the molecule is O=[N+]([O-])c1ccc(O)c(C=N[C@H]2[C@H](O)[C@H](O)[C@@H](CO)O[C@H]2O)c1. The van der Waals surface area contributed by atoms with Crippen LogP contribution < -0.4 is 0 Å². The summed E-state index contributed by atoms with van der Waals surface area (Å²) < 4.78 is 4.92. The smallest absolute Gasteiger partial charge is 0.270 e. The molecule has 0 aromatic heterocycles. The Morgan fingerprint density at radius 3 is 2.61 bits per heavy atom. The molecule has 0 saturated carbocycles. The molecule has 0 spiro atoms. The number of aromatic hydroxyl groups is 1. The molecule has 0 bridgehead atoms. The molecule has 1 heterocycles. The number of non-ortho nitro benzene ring substituents is 1. The highest BCUT2D eigenvalue weighted by molar-refractivity contribution is 5.84. The van der Waals surface area contributed by atoms with Crippen LogP contribution in [-0.4, -0.2) is 73.9 Å². The van der Waals surface area contributed by atoms with Crippen molar-refractivity contribution in [3.8, 4) is 5.75 Å². The number of rotatable bonds is 4. The fraction of sp³-hybridized carbons (Fsp3) is 0.462. The second-order valence-corrected chi connectivity index (χ2v) is 5.00. The zero-order valence-electron chi connectivity index (χ0n) is 11.8. The van der Waals surface area contributed by atoms with Gasteiger partial charge >= 0.3 is 0 Å². The summed E-state index contributed by atoms with van der Waals surface area (Å²) in [7, 11) is 0. The molecule has 23 heavy (non-hydrogen) atoms. The van der Waals surface area contributed by atoms with Gasteiger partial charge in [0.2, 0.25) is 0 Å². The molecule has 1 saturated heterocycles. The van der Waals surface area contributed by atoms with E-state index >= 15 is 0 Å². The van der Waals surface area contributed by atoms with Crippen molar-refractivity contribution in [3.63, 3.8) is 0 Å². The molecule has 0 aliphatic carbocycles. The minimum Gasteiger partial charge on any atom is -0.507 e. The number of aliphatic imine (C=N–C) groups is 1. The molecular formula is C13H16N2O8. The van der Waals surface area contributed by atoms with Gasteiger partial charge in [0.25, 0.3) is 5.69 Å². The number of ether oxygens (including phenoxy) is 1. The van der Waals surface area contributed by atoms with Gasteiger partial charge in [0.15, 0.2) is 6.29 Å². The molecule has 1 aromatic carbocycles. The number of nitrogens with zero attached hydrogens (tertiary/aromatic N) is 2. The van der Waals surface area contributed by atoms with Crippen LogP contribution in [0.5, 0.6) is 5.75 Å². The van der Waals surface area contributed by atoms with Crippen LogP contribution >= 0.6 is 0 Å². The molecule has 5 atom stereocenters. The maximum absolute atomic E-state index is 10.7. The third kappa shape index (κ3) is 3.63. The van der Waals surface area contributed by atoms with Crippen LogP contribution in [-0.2, 0) is 4.74 Å². The van der Waals surface area contributed by atoms with Gasteiger partial charge in [-0.05, 0) is 6.07 Å². The molecular weight excluding hydrogens is 312 g/mol. The second-order valence-electron chi connectivity index (χ2n) is 5.00. The molecule has 10 nitrogen and oxygen atoms in total. The van der Waals surface area contributed by atoms with E-state index in [2.05, 4.69) is 4.99 Å². The number of benzene rings is 1. The summed E-state index contributed by atoms with van der Waals surface area (Å²) in [5, 5.41) is 58.7. The summed E-state index contributed by atoms with van der Waals surface area (Å²) in [6.45, 7) is -0.600. The maximum atomic E-state index is 10.7. The first-order chi connectivity index (χ1) is 10.8. The minimum atomic E-state index is -1.59. The van der Waals surface area contributed by atoms with E-state index in [9.17, 15) is 30.5 Å². The van der Waals surface area contributed by atoms with Crippen LogP contribution in [0.3, 0.4) is 0 Å². The van der Waals surface area contributed by atoms with Gasteiger partial charge in [0, 0.05) is 23.9 Å². The molecule has 2 rings (SSSR count). The van der Waals surface area contributed by atoms with Gasteiger partial charge in [-0.25, -0.2) is 0 Å². The Balaban J connectivity index is 2.22. The van der Waals surface area contributed by atoms with Crippen LogP contribution in [0.4, 0.5) is 5.69 Å². The highest BCUT2D eigenvalue weighted by Gasteiger charge is 2.43. The van der Waals surface area contributed by atoms with E-state index in [0.29, 0.717) is 0 Å². The minimum absolute atomic E-state index is 0.00243.